The van der Waals surface area contributed by atoms with Crippen LogP contribution in [0.1, 0.15) is 67.9 Å². The smallest absolute Gasteiger partial charge is 0.231 e. The Bertz CT molecular complexity index is 808. The van der Waals surface area contributed by atoms with Crippen LogP contribution in [0.5, 0.6) is 17.2 Å². The standard InChI is InChI=1S/C22H26O4/c1-13(2)16-6-8-18(19(10-16)14(3)4)22(23)15(5)26-17-7-9-20-21(11-17)25-12-24-20/h6-11,13-15H,12H2,1-5H3/t15-/m0/s1. The van der Waals surface area contributed by atoms with Gasteiger partial charge in [-0.3, -0.25) is 4.79 Å². The van der Waals surface area contributed by atoms with E-state index in [4.69, 9.17) is 14.2 Å². The highest BCUT2D eigenvalue weighted by Crippen LogP contribution is 2.35. The van der Waals surface area contributed by atoms with Crippen molar-refractivity contribution in [3.8, 4) is 17.2 Å². The Labute approximate surface area is 155 Å². The number of Topliss-reactive ketones (excluding diaryl/α,β-unsaturated/α-hetero) is 1. The average molecular weight is 354 g/mol. The van der Waals surface area contributed by atoms with E-state index >= 15 is 0 Å². The number of hydrogen-bond acceptors (Lipinski definition) is 4. The summed E-state index contributed by atoms with van der Waals surface area (Å²) in [7, 11) is 0. The molecule has 4 nitrogen and oxygen atoms in total. The molecule has 3 rings (SSSR count). The van der Waals surface area contributed by atoms with Crippen LogP contribution in [0.2, 0.25) is 0 Å². The van der Waals surface area contributed by atoms with Gasteiger partial charge in [0.25, 0.3) is 0 Å². The van der Waals surface area contributed by atoms with E-state index in [0.717, 1.165) is 11.1 Å². The molecule has 2 aromatic carbocycles. The van der Waals surface area contributed by atoms with Gasteiger partial charge in [0.05, 0.1) is 0 Å². The summed E-state index contributed by atoms with van der Waals surface area (Å²) >= 11 is 0. The molecule has 0 radical (unpaired) electrons. The first-order valence-corrected chi connectivity index (χ1v) is 9.11. The number of fused-ring (bicyclic) bond motifs is 1. The van der Waals surface area contributed by atoms with Gasteiger partial charge in [0.2, 0.25) is 12.6 Å². The van der Waals surface area contributed by atoms with Gasteiger partial charge in [0.15, 0.2) is 17.6 Å². The summed E-state index contributed by atoms with van der Waals surface area (Å²) < 4.78 is 16.6. The van der Waals surface area contributed by atoms with Gasteiger partial charge in [-0.15, -0.1) is 0 Å². The molecule has 0 aromatic heterocycles. The maximum absolute atomic E-state index is 13.0. The minimum Gasteiger partial charge on any atom is -0.482 e. The molecule has 0 amide bonds. The van der Waals surface area contributed by atoms with Gasteiger partial charge in [0, 0.05) is 11.6 Å². The highest BCUT2D eigenvalue weighted by atomic mass is 16.7. The second-order valence-corrected chi connectivity index (χ2v) is 7.30. The Kier molecular flexibility index (Phi) is 5.21. The Morgan fingerprint density at radius 1 is 0.923 bits per heavy atom. The van der Waals surface area contributed by atoms with Crippen LogP contribution in [0.4, 0.5) is 0 Å². The van der Waals surface area contributed by atoms with Crippen molar-refractivity contribution < 1.29 is 19.0 Å². The lowest BCUT2D eigenvalue weighted by Gasteiger charge is -2.19. The molecule has 138 valence electrons. The van der Waals surface area contributed by atoms with E-state index < -0.39 is 6.10 Å². The van der Waals surface area contributed by atoms with Crippen molar-refractivity contribution in [2.75, 3.05) is 6.79 Å². The summed E-state index contributed by atoms with van der Waals surface area (Å²) in [6.07, 6.45) is -0.585. The molecule has 26 heavy (non-hydrogen) atoms. The number of ether oxygens (including phenoxy) is 3. The van der Waals surface area contributed by atoms with Gasteiger partial charge in [-0.1, -0.05) is 45.9 Å². The monoisotopic (exact) mass is 354 g/mol. The zero-order valence-electron chi connectivity index (χ0n) is 16.0. The van der Waals surface area contributed by atoms with E-state index in [1.54, 1.807) is 25.1 Å². The third-order valence-electron chi connectivity index (χ3n) is 4.66. The van der Waals surface area contributed by atoms with Gasteiger partial charge in [0.1, 0.15) is 5.75 Å². The predicted octanol–water partition coefficient (Wildman–Crippen LogP) is 5.31. The van der Waals surface area contributed by atoms with Crippen molar-refractivity contribution in [3.63, 3.8) is 0 Å². The van der Waals surface area contributed by atoms with Gasteiger partial charge < -0.3 is 14.2 Å². The molecule has 0 fully saturated rings. The summed E-state index contributed by atoms with van der Waals surface area (Å²) in [6, 6.07) is 11.5. The molecule has 0 spiro atoms. The number of ketones is 1. The number of benzene rings is 2. The van der Waals surface area contributed by atoms with Crippen molar-refractivity contribution in [2.24, 2.45) is 0 Å². The molecular formula is C22H26O4. The predicted molar refractivity (Wildman–Crippen MR) is 102 cm³/mol. The number of carbonyl (C=O) groups excluding carboxylic acids is 1. The number of hydrogen-bond donors (Lipinski definition) is 0. The highest BCUT2D eigenvalue weighted by Gasteiger charge is 2.23. The minimum absolute atomic E-state index is 0.0123. The third-order valence-corrected chi connectivity index (χ3v) is 4.66. The van der Waals surface area contributed by atoms with Crippen molar-refractivity contribution in [1.29, 1.82) is 0 Å². The Morgan fingerprint density at radius 2 is 1.65 bits per heavy atom. The van der Waals surface area contributed by atoms with Gasteiger partial charge in [-0.25, -0.2) is 0 Å². The molecule has 4 heteroatoms. The van der Waals surface area contributed by atoms with Crippen LogP contribution >= 0.6 is 0 Å². The van der Waals surface area contributed by atoms with Crippen LogP contribution in [-0.2, 0) is 0 Å². The quantitative estimate of drug-likeness (QED) is 0.659. The summed E-state index contributed by atoms with van der Waals surface area (Å²) in [6.45, 7) is 10.5. The molecular weight excluding hydrogens is 328 g/mol. The fraction of sp³-hybridized carbons (Fsp3) is 0.409. The molecule has 0 saturated carbocycles. The number of rotatable bonds is 6. The lowest BCUT2D eigenvalue weighted by Crippen LogP contribution is -2.25. The molecule has 1 aliphatic heterocycles. The Morgan fingerprint density at radius 3 is 2.35 bits per heavy atom. The van der Waals surface area contributed by atoms with Crippen LogP contribution in [-0.4, -0.2) is 18.7 Å². The van der Waals surface area contributed by atoms with E-state index in [-0.39, 0.29) is 18.5 Å². The second kappa shape index (κ2) is 7.40. The lowest BCUT2D eigenvalue weighted by atomic mass is 9.89. The molecule has 1 heterocycles. The van der Waals surface area contributed by atoms with E-state index in [1.165, 1.54) is 5.56 Å². The van der Waals surface area contributed by atoms with Crippen LogP contribution in [0.3, 0.4) is 0 Å². The molecule has 2 aromatic rings. The van der Waals surface area contributed by atoms with Gasteiger partial charge in [-0.05, 0) is 42.0 Å². The van der Waals surface area contributed by atoms with Gasteiger partial charge >= 0.3 is 0 Å². The summed E-state index contributed by atoms with van der Waals surface area (Å²) in [5.74, 6) is 2.63. The van der Waals surface area contributed by atoms with Crippen LogP contribution in [0.15, 0.2) is 36.4 Å². The molecule has 0 N–H and O–H groups in total. The highest BCUT2D eigenvalue weighted by molar-refractivity contribution is 6.01. The van der Waals surface area contributed by atoms with E-state index in [9.17, 15) is 4.79 Å². The molecule has 1 atom stereocenters. The maximum Gasteiger partial charge on any atom is 0.231 e. The first-order chi connectivity index (χ1) is 12.4. The molecule has 0 bridgehead atoms. The Hall–Kier alpha value is -2.49. The first-order valence-electron chi connectivity index (χ1n) is 9.11. The second-order valence-electron chi connectivity index (χ2n) is 7.30. The van der Waals surface area contributed by atoms with E-state index in [2.05, 4.69) is 33.8 Å². The topological polar surface area (TPSA) is 44.8 Å². The molecule has 0 aliphatic carbocycles. The van der Waals surface area contributed by atoms with Crippen LogP contribution in [0, 0.1) is 0 Å². The SMILES string of the molecule is CC(C)c1ccc(C(=O)[C@H](C)Oc2ccc3c(c2)OCO3)c(C(C)C)c1. The van der Waals surface area contributed by atoms with Crippen LogP contribution < -0.4 is 14.2 Å². The summed E-state index contributed by atoms with van der Waals surface area (Å²) in [4.78, 5) is 13.0. The van der Waals surface area contributed by atoms with E-state index in [1.807, 2.05) is 12.1 Å². The zero-order chi connectivity index (χ0) is 18.8. The van der Waals surface area contributed by atoms with Crippen LogP contribution in [0.25, 0.3) is 0 Å². The fourth-order valence-electron chi connectivity index (χ4n) is 3.07. The van der Waals surface area contributed by atoms with Gasteiger partial charge in [-0.2, -0.15) is 0 Å². The summed E-state index contributed by atoms with van der Waals surface area (Å²) in [5.41, 5.74) is 3.05. The average Bonchev–Trinajstić information content (AvgIpc) is 3.08. The molecule has 1 aliphatic rings. The van der Waals surface area contributed by atoms with Crippen molar-refractivity contribution in [1.82, 2.24) is 0 Å². The van der Waals surface area contributed by atoms with E-state index in [0.29, 0.717) is 23.2 Å². The fourth-order valence-corrected chi connectivity index (χ4v) is 3.07. The molecule has 0 unspecified atom stereocenters. The maximum atomic E-state index is 13.0. The minimum atomic E-state index is -0.585. The zero-order valence-corrected chi connectivity index (χ0v) is 16.0. The largest absolute Gasteiger partial charge is 0.482 e. The Balaban J connectivity index is 1.82. The first kappa shape index (κ1) is 18.3. The van der Waals surface area contributed by atoms with Crippen molar-refractivity contribution in [3.05, 3.63) is 53.1 Å². The number of carbonyl (C=O) groups is 1. The lowest BCUT2D eigenvalue weighted by molar-refractivity contribution is 0.0816. The van der Waals surface area contributed by atoms with Crippen molar-refractivity contribution >= 4 is 5.78 Å². The molecule has 0 saturated heterocycles. The normalized spacial score (nSPS) is 14.0. The summed E-state index contributed by atoms with van der Waals surface area (Å²) in [5, 5.41) is 0. The third kappa shape index (κ3) is 3.69. The van der Waals surface area contributed by atoms with Crippen molar-refractivity contribution in [2.45, 2.75) is 52.6 Å².